The van der Waals surface area contributed by atoms with Crippen LogP contribution in [0.3, 0.4) is 0 Å². The van der Waals surface area contributed by atoms with Crippen molar-refractivity contribution in [2.24, 2.45) is 11.7 Å². The van der Waals surface area contributed by atoms with Crippen molar-refractivity contribution >= 4 is 29.7 Å². The van der Waals surface area contributed by atoms with Gasteiger partial charge in [0.1, 0.15) is 5.01 Å². The van der Waals surface area contributed by atoms with Crippen LogP contribution in [-0.4, -0.2) is 28.9 Å². The summed E-state index contributed by atoms with van der Waals surface area (Å²) in [6, 6.07) is -0.308. The molecule has 9 heteroatoms. The zero-order valence-electron chi connectivity index (χ0n) is 11.3. The second-order valence-corrected chi connectivity index (χ2v) is 5.41. The monoisotopic (exact) mass is 331 g/mol. The first-order valence-corrected chi connectivity index (χ1v) is 6.53. The summed E-state index contributed by atoms with van der Waals surface area (Å²) in [5, 5.41) is 1.20. The smallest absolute Gasteiger partial charge is 0.339 e. The van der Waals surface area contributed by atoms with Crippen molar-refractivity contribution in [2.75, 3.05) is 7.05 Å². The van der Waals surface area contributed by atoms with Crippen molar-refractivity contribution in [3.63, 3.8) is 0 Å². The van der Waals surface area contributed by atoms with E-state index < -0.39 is 11.9 Å². The van der Waals surface area contributed by atoms with Gasteiger partial charge in [-0.3, -0.25) is 4.79 Å². The number of nitrogens with zero attached hydrogens (tertiary/aromatic N) is 2. The molecule has 0 aliphatic carbocycles. The lowest BCUT2D eigenvalue weighted by atomic mass is 10.0. The highest BCUT2D eigenvalue weighted by molar-refractivity contribution is 7.09. The Balaban J connectivity index is 0.00000361. The Morgan fingerprint density at radius 3 is 2.45 bits per heavy atom. The summed E-state index contributed by atoms with van der Waals surface area (Å²) in [6.07, 6.45) is -4.45. The summed E-state index contributed by atoms with van der Waals surface area (Å²) in [5.74, 6) is -0.592. The third kappa shape index (κ3) is 4.92. The van der Waals surface area contributed by atoms with E-state index in [1.54, 1.807) is 13.8 Å². The van der Waals surface area contributed by atoms with Gasteiger partial charge in [-0.1, -0.05) is 6.92 Å². The number of halogens is 4. The molecule has 2 N–H and O–H groups in total. The lowest BCUT2D eigenvalue weighted by Crippen LogP contribution is -2.39. The van der Waals surface area contributed by atoms with Crippen molar-refractivity contribution in [3.05, 3.63) is 16.1 Å². The summed E-state index contributed by atoms with van der Waals surface area (Å²) in [6.45, 7) is 3.45. The molecule has 0 saturated heterocycles. The molecule has 2 unspecified atom stereocenters. The molecule has 0 bridgehead atoms. The number of thiazole rings is 1. The van der Waals surface area contributed by atoms with Gasteiger partial charge in [0.2, 0.25) is 5.91 Å². The Morgan fingerprint density at radius 1 is 1.50 bits per heavy atom. The maximum absolute atomic E-state index is 12.4. The van der Waals surface area contributed by atoms with E-state index in [-0.39, 0.29) is 41.8 Å². The number of carbonyl (C=O) groups excluding carboxylic acids is 1. The van der Waals surface area contributed by atoms with Gasteiger partial charge in [-0.25, -0.2) is 4.98 Å². The number of amides is 1. The normalized spacial score (nSPS) is 14.3. The molecule has 2 atom stereocenters. The van der Waals surface area contributed by atoms with Gasteiger partial charge in [0, 0.05) is 18.5 Å². The number of hydrogen-bond acceptors (Lipinski definition) is 4. The SMILES string of the molecule is CC(N)C(C)C(=O)N(C)Cc1nc(C(F)(F)F)cs1.Cl. The summed E-state index contributed by atoms with van der Waals surface area (Å²) in [4.78, 5) is 16.7. The minimum Gasteiger partial charge on any atom is -0.339 e. The van der Waals surface area contributed by atoms with Crippen LogP contribution >= 0.6 is 23.7 Å². The van der Waals surface area contributed by atoms with Gasteiger partial charge in [0.25, 0.3) is 0 Å². The van der Waals surface area contributed by atoms with Crippen molar-refractivity contribution in [2.45, 2.75) is 32.6 Å². The molecule has 1 rings (SSSR count). The van der Waals surface area contributed by atoms with Crippen LogP contribution < -0.4 is 5.73 Å². The van der Waals surface area contributed by atoms with E-state index in [0.29, 0.717) is 0 Å². The van der Waals surface area contributed by atoms with Crippen molar-refractivity contribution < 1.29 is 18.0 Å². The molecule has 0 aliphatic heterocycles. The molecule has 1 aromatic heterocycles. The van der Waals surface area contributed by atoms with Gasteiger partial charge in [-0.15, -0.1) is 23.7 Å². The van der Waals surface area contributed by atoms with Crippen molar-refractivity contribution in [3.8, 4) is 0 Å². The fourth-order valence-corrected chi connectivity index (χ4v) is 2.22. The fourth-order valence-electron chi connectivity index (χ4n) is 1.37. The van der Waals surface area contributed by atoms with Crippen LogP contribution in [0.1, 0.15) is 24.5 Å². The standard InChI is InChI=1S/C11H16F3N3OS.ClH/c1-6(7(2)15)10(18)17(3)4-9-16-8(5-19-9)11(12,13)14;/h5-7H,4,15H2,1-3H3;1H. The molecule has 0 radical (unpaired) electrons. The second-order valence-electron chi connectivity index (χ2n) is 4.47. The maximum atomic E-state index is 12.4. The van der Waals surface area contributed by atoms with Gasteiger partial charge >= 0.3 is 6.18 Å². The number of alkyl halides is 3. The highest BCUT2D eigenvalue weighted by Gasteiger charge is 2.34. The van der Waals surface area contributed by atoms with E-state index in [4.69, 9.17) is 5.73 Å². The van der Waals surface area contributed by atoms with Gasteiger partial charge in [0.15, 0.2) is 5.69 Å². The van der Waals surface area contributed by atoms with E-state index in [1.807, 2.05) is 0 Å². The molecule has 0 saturated carbocycles. The molecule has 1 aromatic rings. The van der Waals surface area contributed by atoms with Gasteiger partial charge < -0.3 is 10.6 Å². The zero-order chi connectivity index (χ0) is 14.8. The molecule has 1 amide bonds. The summed E-state index contributed by atoms with van der Waals surface area (Å²) < 4.78 is 37.1. The predicted molar refractivity (Wildman–Crippen MR) is 73.7 cm³/mol. The largest absolute Gasteiger partial charge is 0.434 e. The number of nitrogens with two attached hydrogens (primary N) is 1. The Labute approximate surface area is 125 Å². The summed E-state index contributed by atoms with van der Waals surface area (Å²) >= 11 is 0.886. The van der Waals surface area contributed by atoms with Gasteiger partial charge in [-0.2, -0.15) is 13.2 Å². The van der Waals surface area contributed by atoms with E-state index in [9.17, 15) is 18.0 Å². The Morgan fingerprint density at radius 2 is 2.05 bits per heavy atom. The third-order valence-corrected chi connectivity index (χ3v) is 3.60. The average molecular weight is 332 g/mol. The van der Waals surface area contributed by atoms with E-state index in [1.165, 1.54) is 11.9 Å². The zero-order valence-corrected chi connectivity index (χ0v) is 12.9. The van der Waals surface area contributed by atoms with E-state index in [0.717, 1.165) is 16.7 Å². The Hall–Kier alpha value is -0.860. The molecule has 116 valence electrons. The van der Waals surface area contributed by atoms with Crippen LogP contribution in [0.5, 0.6) is 0 Å². The molecular weight excluding hydrogens is 315 g/mol. The number of carbonyl (C=O) groups is 1. The first-order chi connectivity index (χ1) is 8.62. The first-order valence-electron chi connectivity index (χ1n) is 5.65. The number of aromatic nitrogens is 1. The Kier molecular flexibility index (Phi) is 6.92. The second kappa shape index (κ2) is 7.24. The van der Waals surface area contributed by atoms with Crippen LogP contribution in [0.15, 0.2) is 5.38 Å². The maximum Gasteiger partial charge on any atom is 0.434 e. The van der Waals surface area contributed by atoms with Crippen LogP contribution in [-0.2, 0) is 17.5 Å². The molecule has 0 aliphatic rings. The highest BCUT2D eigenvalue weighted by atomic mass is 35.5. The minimum atomic E-state index is -4.45. The van der Waals surface area contributed by atoms with Crippen LogP contribution in [0.2, 0.25) is 0 Å². The predicted octanol–water partition coefficient (Wildman–Crippen LogP) is 2.53. The summed E-state index contributed by atoms with van der Waals surface area (Å²) in [5.41, 5.74) is 4.70. The molecule has 0 fully saturated rings. The van der Waals surface area contributed by atoms with Crippen LogP contribution in [0.25, 0.3) is 0 Å². The van der Waals surface area contributed by atoms with E-state index in [2.05, 4.69) is 4.98 Å². The van der Waals surface area contributed by atoms with Crippen LogP contribution in [0.4, 0.5) is 13.2 Å². The molecule has 1 heterocycles. The van der Waals surface area contributed by atoms with Crippen molar-refractivity contribution in [1.29, 1.82) is 0 Å². The van der Waals surface area contributed by atoms with E-state index >= 15 is 0 Å². The molecular formula is C11H17ClF3N3OS. The average Bonchev–Trinajstić information content (AvgIpc) is 2.74. The minimum absolute atomic E-state index is 0. The van der Waals surface area contributed by atoms with Gasteiger partial charge in [-0.05, 0) is 6.92 Å². The fraction of sp³-hybridized carbons (Fsp3) is 0.636. The quantitative estimate of drug-likeness (QED) is 0.922. The lowest BCUT2D eigenvalue weighted by Gasteiger charge is -2.22. The molecule has 4 nitrogen and oxygen atoms in total. The molecule has 0 aromatic carbocycles. The summed E-state index contributed by atoms with van der Waals surface area (Å²) in [7, 11) is 1.52. The highest BCUT2D eigenvalue weighted by Crippen LogP contribution is 2.30. The number of hydrogen-bond donors (Lipinski definition) is 1. The third-order valence-electron chi connectivity index (χ3n) is 2.77. The van der Waals surface area contributed by atoms with Crippen molar-refractivity contribution in [1.82, 2.24) is 9.88 Å². The first kappa shape index (κ1) is 19.1. The van der Waals surface area contributed by atoms with Gasteiger partial charge in [0.05, 0.1) is 12.5 Å². The molecule has 0 spiro atoms. The molecule has 20 heavy (non-hydrogen) atoms. The van der Waals surface area contributed by atoms with Crippen LogP contribution in [0, 0.1) is 5.92 Å². The lowest BCUT2D eigenvalue weighted by molar-refractivity contribution is -0.140. The number of rotatable bonds is 4. The topological polar surface area (TPSA) is 59.2 Å². The Bertz CT molecular complexity index is 450.